The Morgan fingerprint density at radius 1 is 1.30 bits per heavy atom. The van der Waals surface area contributed by atoms with Crippen molar-refractivity contribution >= 4 is 11.6 Å². The van der Waals surface area contributed by atoms with Crippen LogP contribution >= 0.6 is 11.6 Å². The molecular formula is C15H19ClN4. The van der Waals surface area contributed by atoms with Crippen molar-refractivity contribution in [3.8, 4) is 0 Å². The van der Waals surface area contributed by atoms with Crippen molar-refractivity contribution < 1.29 is 0 Å². The number of aromatic nitrogens is 3. The summed E-state index contributed by atoms with van der Waals surface area (Å²) in [5.74, 6) is 2.00. The molecular weight excluding hydrogens is 272 g/mol. The van der Waals surface area contributed by atoms with Crippen LogP contribution in [0.15, 0.2) is 24.3 Å². The summed E-state index contributed by atoms with van der Waals surface area (Å²) < 4.78 is 2.23. The molecule has 0 radical (unpaired) electrons. The van der Waals surface area contributed by atoms with E-state index in [4.69, 9.17) is 11.6 Å². The third-order valence-electron chi connectivity index (χ3n) is 4.00. The minimum atomic E-state index is 0.208. The zero-order valence-corrected chi connectivity index (χ0v) is 12.6. The van der Waals surface area contributed by atoms with Crippen LogP contribution in [0.25, 0.3) is 0 Å². The van der Waals surface area contributed by atoms with Gasteiger partial charge in [0.05, 0.1) is 12.1 Å². The van der Waals surface area contributed by atoms with Gasteiger partial charge in [-0.15, -0.1) is 10.2 Å². The van der Waals surface area contributed by atoms with E-state index in [0.717, 1.165) is 29.6 Å². The van der Waals surface area contributed by atoms with E-state index in [1.807, 2.05) is 19.1 Å². The first-order valence-electron chi connectivity index (χ1n) is 7.07. The van der Waals surface area contributed by atoms with Gasteiger partial charge in [0, 0.05) is 5.02 Å². The molecule has 1 fully saturated rings. The summed E-state index contributed by atoms with van der Waals surface area (Å²) in [4.78, 5) is 0. The monoisotopic (exact) mass is 290 g/mol. The van der Waals surface area contributed by atoms with Crippen molar-refractivity contribution in [2.75, 3.05) is 6.54 Å². The molecule has 2 atom stereocenters. The summed E-state index contributed by atoms with van der Waals surface area (Å²) >= 11 is 5.97. The number of nitrogens with zero attached hydrogens (tertiary/aromatic N) is 3. The second kappa shape index (κ2) is 5.54. The second-order valence-electron chi connectivity index (χ2n) is 5.35. The van der Waals surface area contributed by atoms with Crippen molar-refractivity contribution in [3.05, 3.63) is 46.5 Å². The topological polar surface area (TPSA) is 42.7 Å². The first-order chi connectivity index (χ1) is 9.66. The largest absolute Gasteiger partial charge is 0.307 e. The highest BCUT2D eigenvalue weighted by Crippen LogP contribution is 2.28. The predicted molar refractivity (Wildman–Crippen MR) is 80.0 cm³/mol. The molecule has 0 saturated carbocycles. The van der Waals surface area contributed by atoms with Gasteiger partial charge in [0.15, 0.2) is 5.82 Å². The Bertz CT molecular complexity index is 584. The Labute approximate surface area is 124 Å². The molecule has 1 aliphatic rings. The first-order valence-corrected chi connectivity index (χ1v) is 7.45. The molecule has 1 unspecified atom stereocenters. The van der Waals surface area contributed by atoms with Gasteiger partial charge in [-0.2, -0.15) is 0 Å². The van der Waals surface area contributed by atoms with Crippen molar-refractivity contribution in [1.29, 1.82) is 0 Å². The molecule has 2 aromatic rings. The van der Waals surface area contributed by atoms with Crippen LogP contribution in [-0.4, -0.2) is 21.3 Å². The number of halogens is 1. The average Bonchev–Trinajstić information content (AvgIpc) is 3.07. The highest BCUT2D eigenvalue weighted by atomic mass is 35.5. The van der Waals surface area contributed by atoms with Crippen LogP contribution in [-0.2, 0) is 0 Å². The van der Waals surface area contributed by atoms with Crippen LogP contribution in [0.5, 0.6) is 0 Å². The fraction of sp³-hybridized carbons (Fsp3) is 0.467. The highest BCUT2D eigenvalue weighted by molar-refractivity contribution is 6.30. The van der Waals surface area contributed by atoms with Crippen LogP contribution < -0.4 is 5.32 Å². The molecule has 1 aromatic heterocycles. The highest BCUT2D eigenvalue weighted by Gasteiger charge is 2.25. The molecule has 3 rings (SSSR count). The average molecular weight is 291 g/mol. The minimum Gasteiger partial charge on any atom is -0.307 e. The maximum atomic E-state index is 5.97. The maximum absolute atomic E-state index is 5.97. The zero-order chi connectivity index (χ0) is 14.1. The predicted octanol–water partition coefficient (Wildman–Crippen LogP) is 3.27. The van der Waals surface area contributed by atoms with E-state index >= 15 is 0 Å². The molecule has 0 spiro atoms. The van der Waals surface area contributed by atoms with E-state index in [2.05, 4.69) is 39.1 Å². The van der Waals surface area contributed by atoms with Crippen molar-refractivity contribution in [1.82, 2.24) is 20.1 Å². The van der Waals surface area contributed by atoms with E-state index in [1.165, 1.54) is 12.0 Å². The Kier molecular flexibility index (Phi) is 3.76. The zero-order valence-electron chi connectivity index (χ0n) is 11.8. The normalized spacial score (nSPS) is 20.2. The Hall–Kier alpha value is -1.39. The summed E-state index contributed by atoms with van der Waals surface area (Å²) in [5.41, 5.74) is 1.22. The van der Waals surface area contributed by atoms with E-state index in [0.29, 0.717) is 6.04 Å². The van der Waals surface area contributed by atoms with E-state index in [-0.39, 0.29) is 6.04 Å². The quantitative estimate of drug-likeness (QED) is 0.943. The summed E-state index contributed by atoms with van der Waals surface area (Å²) in [6, 6.07) is 8.53. The minimum absolute atomic E-state index is 0.208. The Balaban J connectivity index is 1.96. The van der Waals surface area contributed by atoms with Gasteiger partial charge in [0.2, 0.25) is 0 Å². The SMILES string of the molecule is Cc1nnc(C2CCCN2)n1[C@@H](C)c1ccc(Cl)cc1. The van der Waals surface area contributed by atoms with Gasteiger partial charge in [-0.1, -0.05) is 23.7 Å². The third kappa shape index (κ3) is 2.45. The molecule has 0 aliphatic carbocycles. The van der Waals surface area contributed by atoms with Crippen LogP contribution in [0.3, 0.4) is 0 Å². The van der Waals surface area contributed by atoms with Gasteiger partial charge in [-0.05, 0) is 50.9 Å². The number of nitrogens with one attached hydrogen (secondary N) is 1. The summed E-state index contributed by atoms with van der Waals surface area (Å²) in [6.07, 6.45) is 2.33. The lowest BCUT2D eigenvalue weighted by molar-refractivity contribution is 0.517. The molecule has 2 heterocycles. The standard InChI is InChI=1S/C15H19ClN4/c1-10(12-5-7-13(16)8-6-12)20-11(2)18-19-15(20)14-4-3-9-17-14/h5-8,10,14,17H,3-4,9H2,1-2H3/t10-,14?/m0/s1. The molecule has 4 nitrogen and oxygen atoms in total. The number of benzene rings is 1. The molecule has 106 valence electrons. The number of hydrogen-bond donors (Lipinski definition) is 1. The van der Waals surface area contributed by atoms with E-state index in [9.17, 15) is 0 Å². The van der Waals surface area contributed by atoms with Crippen LogP contribution in [0.4, 0.5) is 0 Å². The van der Waals surface area contributed by atoms with Crippen LogP contribution in [0.1, 0.15) is 49.1 Å². The molecule has 1 aromatic carbocycles. The third-order valence-corrected chi connectivity index (χ3v) is 4.26. The van der Waals surface area contributed by atoms with Crippen molar-refractivity contribution in [2.24, 2.45) is 0 Å². The van der Waals surface area contributed by atoms with E-state index in [1.54, 1.807) is 0 Å². The number of rotatable bonds is 3. The van der Waals surface area contributed by atoms with Crippen LogP contribution in [0.2, 0.25) is 5.02 Å². The summed E-state index contributed by atoms with van der Waals surface area (Å²) in [6.45, 7) is 5.25. The van der Waals surface area contributed by atoms with Gasteiger partial charge in [-0.25, -0.2) is 0 Å². The lowest BCUT2D eigenvalue weighted by Gasteiger charge is -2.20. The van der Waals surface area contributed by atoms with Crippen molar-refractivity contribution in [2.45, 2.75) is 38.8 Å². The molecule has 0 bridgehead atoms. The van der Waals surface area contributed by atoms with Gasteiger partial charge < -0.3 is 9.88 Å². The number of hydrogen-bond acceptors (Lipinski definition) is 3. The molecule has 5 heteroatoms. The summed E-state index contributed by atoms with van der Waals surface area (Å²) in [7, 11) is 0. The molecule has 20 heavy (non-hydrogen) atoms. The smallest absolute Gasteiger partial charge is 0.150 e. The lowest BCUT2D eigenvalue weighted by Crippen LogP contribution is -2.21. The molecule has 1 N–H and O–H groups in total. The molecule has 0 amide bonds. The van der Waals surface area contributed by atoms with Gasteiger partial charge in [-0.3, -0.25) is 0 Å². The van der Waals surface area contributed by atoms with E-state index < -0.39 is 0 Å². The fourth-order valence-electron chi connectivity index (χ4n) is 2.90. The van der Waals surface area contributed by atoms with Gasteiger partial charge in [0.1, 0.15) is 5.82 Å². The summed E-state index contributed by atoms with van der Waals surface area (Å²) in [5, 5.41) is 12.9. The second-order valence-corrected chi connectivity index (χ2v) is 5.79. The van der Waals surface area contributed by atoms with Gasteiger partial charge >= 0.3 is 0 Å². The first kappa shape index (κ1) is 13.6. The Morgan fingerprint density at radius 3 is 2.70 bits per heavy atom. The fourth-order valence-corrected chi connectivity index (χ4v) is 3.02. The van der Waals surface area contributed by atoms with Gasteiger partial charge in [0.25, 0.3) is 0 Å². The lowest BCUT2D eigenvalue weighted by atomic mass is 10.1. The molecule has 1 saturated heterocycles. The Morgan fingerprint density at radius 2 is 2.05 bits per heavy atom. The number of aryl methyl sites for hydroxylation is 1. The molecule has 1 aliphatic heterocycles. The maximum Gasteiger partial charge on any atom is 0.150 e. The van der Waals surface area contributed by atoms with Crippen molar-refractivity contribution in [3.63, 3.8) is 0 Å². The van der Waals surface area contributed by atoms with Crippen LogP contribution in [0, 0.1) is 6.92 Å².